The highest BCUT2D eigenvalue weighted by atomic mass is 16.5. The number of methoxy groups -OCH3 is 1. The van der Waals surface area contributed by atoms with E-state index >= 15 is 0 Å². The summed E-state index contributed by atoms with van der Waals surface area (Å²) in [5, 5.41) is 2.92. The van der Waals surface area contributed by atoms with Crippen LogP contribution in [0, 0.1) is 0 Å². The van der Waals surface area contributed by atoms with Gasteiger partial charge in [0.1, 0.15) is 12.1 Å². The second-order valence-electron chi connectivity index (χ2n) is 7.60. The van der Waals surface area contributed by atoms with E-state index in [0.29, 0.717) is 35.3 Å². The van der Waals surface area contributed by atoms with Crippen molar-refractivity contribution >= 4 is 22.7 Å². The summed E-state index contributed by atoms with van der Waals surface area (Å²) in [6, 6.07) is 20.5. The monoisotopic (exact) mass is 414 g/mol. The first-order chi connectivity index (χ1) is 15.2. The molecule has 1 aliphatic carbocycles. The molecule has 0 aliphatic heterocycles. The van der Waals surface area contributed by atoms with E-state index in [9.17, 15) is 4.79 Å². The number of aromatic nitrogens is 1. The van der Waals surface area contributed by atoms with Crippen LogP contribution in [0.25, 0.3) is 11.1 Å². The molecule has 1 heterocycles. The maximum absolute atomic E-state index is 12.8. The van der Waals surface area contributed by atoms with Gasteiger partial charge in [0.2, 0.25) is 0 Å². The van der Waals surface area contributed by atoms with Gasteiger partial charge < -0.3 is 19.2 Å². The van der Waals surface area contributed by atoms with Crippen molar-refractivity contribution < 1.29 is 18.7 Å². The summed E-state index contributed by atoms with van der Waals surface area (Å²) in [6.45, 7) is 0.420. The summed E-state index contributed by atoms with van der Waals surface area (Å²) in [7, 11) is 1.56. The van der Waals surface area contributed by atoms with Crippen molar-refractivity contribution in [2.45, 2.75) is 25.4 Å². The molecule has 31 heavy (non-hydrogen) atoms. The Bertz CT molecular complexity index is 1230. The first-order valence-corrected chi connectivity index (χ1v) is 10.3. The predicted octanol–water partition coefficient (Wildman–Crippen LogP) is 5.55. The number of nitrogens with one attached hydrogen (secondary N) is 1. The molecule has 0 spiro atoms. The number of rotatable bonds is 7. The Hall–Kier alpha value is -3.80. The zero-order valence-electron chi connectivity index (χ0n) is 17.1. The minimum absolute atomic E-state index is 0.238. The minimum atomic E-state index is -0.238. The summed E-state index contributed by atoms with van der Waals surface area (Å²) in [6.07, 6.45) is 2.26. The fraction of sp³-hybridized carbons (Fsp3) is 0.200. The van der Waals surface area contributed by atoms with Gasteiger partial charge in [0.25, 0.3) is 5.91 Å². The molecule has 3 aromatic carbocycles. The summed E-state index contributed by atoms with van der Waals surface area (Å²) in [5.74, 6) is 2.08. The first-order valence-electron chi connectivity index (χ1n) is 10.3. The van der Waals surface area contributed by atoms with Crippen LogP contribution in [0.4, 0.5) is 5.69 Å². The molecule has 6 heteroatoms. The predicted molar refractivity (Wildman–Crippen MR) is 118 cm³/mol. The zero-order chi connectivity index (χ0) is 21.2. The lowest BCUT2D eigenvalue weighted by Gasteiger charge is -2.12. The van der Waals surface area contributed by atoms with Crippen molar-refractivity contribution in [3.8, 4) is 11.5 Å². The van der Waals surface area contributed by atoms with Gasteiger partial charge >= 0.3 is 0 Å². The van der Waals surface area contributed by atoms with Gasteiger partial charge in [0.15, 0.2) is 23.0 Å². The van der Waals surface area contributed by atoms with E-state index in [4.69, 9.17) is 13.9 Å². The molecule has 0 unspecified atom stereocenters. The van der Waals surface area contributed by atoms with Crippen LogP contribution in [-0.4, -0.2) is 18.0 Å². The lowest BCUT2D eigenvalue weighted by atomic mass is 10.1. The summed E-state index contributed by atoms with van der Waals surface area (Å²) >= 11 is 0. The van der Waals surface area contributed by atoms with Gasteiger partial charge in [-0.3, -0.25) is 4.79 Å². The second-order valence-corrected chi connectivity index (χ2v) is 7.60. The fourth-order valence-electron chi connectivity index (χ4n) is 3.39. The molecule has 1 aliphatic rings. The SMILES string of the molecule is COc1cc(C(=O)Nc2ccc3oc(C4CC4)nc3c2)ccc1OCc1ccccc1. The Morgan fingerprint density at radius 1 is 1.06 bits per heavy atom. The van der Waals surface area contributed by atoms with Crippen LogP contribution < -0.4 is 14.8 Å². The molecule has 0 atom stereocenters. The molecule has 0 bridgehead atoms. The van der Waals surface area contributed by atoms with Crippen molar-refractivity contribution in [3.05, 3.63) is 83.7 Å². The van der Waals surface area contributed by atoms with E-state index in [0.717, 1.165) is 35.4 Å². The Morgan fingerprint density at radius 3 is 2.68 bits per heavy atom. The van der Waals surface area contributed by atoms with Crippen LogP contribution in [0.1, 0.15) is 40.6 Å². The molecule has 1 aromatic heterocycles. The Morgan fingerprint density at radius 2 is 1.90 bits per heavy atom. The number of hydrogen-bond acceptors (Lipinski definition) is 5. The number of carbonyl (C=O) groups excluding carboxylic acids is 1. The molecule has 5 rings (SSSR count). The topological polar surface area (TPSA) is 73.6 Å². The number of nitrogens with zero attached hydrogens (tertiary/aromatic N) is 1. The van der Waals surface area contributed by atoms with Crippen molar-refractivity contribution in [2.75, 3.05) is 12.4 Å². The molecule has 6 nitrogen and oxygen atoms in total. The second kappa shape index (κ2) is 8.14. The van der Waals surface area contributed by atoms with Crippen LogP contribution in [-0.2, 0) is 6.61 Å². The molecular weight excluding hydrogens is 392 g/mol. The largest absolute Gasteiger partial charge is 0.493 e. The van der Waals surface area contributed by atoms with Gasteiger partial charge in [-0.05, 0) is 54.8 Å². The van der Waals surface area contributed by atoms with E-state index in [-0.39, 0.29) is 5.91 Å². The van der Waals surface area contributed by atoms with Gasteiger partial charge in [0.05, 0.1) is 7.11 Å². The van der Waals surface area contributed by atoms with E-state index < -0.39 is 0 Å². The number of carbonyl (C=O) groups is 1. The van der Waals surface area contributed by atoms with Crippen molar-refractivity contribution in [1.82, 2.24) is 4.98 Å². The third-order valence-electron chi connectivity index (χ3n) is 5.25. The van der Waals surface area contributed by atoms with Gasteiger partial charge in [-0.15, -0.1) is 0 Å². The van der Waals surface area contributed by atoms with Gasteiger partial charge in [-0.1, -0.05) is 30.3 Å². The molecule has 1 saturated carbocycles. The maximum Gasteiger partial charge on any atom is 0.255 e. The third-order valence-corrected chi connectivity index (χ3v) is 5.25. The van der Waals surface area contributed by atoms with Crippen LogP contribution in [0.5, 0.6) is 11.5 Å². The van der Waals surface area contributed by atoms with Crippen LogP contribution >= 0.6 is 0 Å². The van der Waals surface area contributed by atoms with Crippen molar-refractivity contribution in [2.24, 2.45) is 0 Å². The number of benzene rings is 3. The molecule has 156 valence electrons. The van der Waals surface area contributed by atoms with Crippen LogP contribution in [0.15, 0.2) is 71.1 Å². The lowest BCUT2D eigenvalue weighted by Crippen LogP contribution is -2.12. The summed E-state index contributed by atoms with van der Waals surface area (Å²) in [5.41, 5.74) is 3.68. The number of ether oxygens (including phenoxy) is 2. The smallest absolute Gasteiger partial charge is 0.255 e. The van der Waals surface area contributed by atoms with Crippen LogP contribution in [0.3, 0.4) is 0 Å². The molecular formula is C25H22N2O4. The molecule has 1 fully saturated rings. The van der Waals surface area contributed by atoms with Crippen molar-refractivity contribution in [3.63, 3.8) is 0 Å². The van der Waals surface area contributed by atoms with Gasteiger partial charge in [-0.2, -0.15) is 0 Å². The van der Waals surface area contributed by atoms with Crippen LogP contribution in [0.2, 0.25) is 0 Å². The molecule has 1 N–H and O–H groups in total. The van der Waals surface area contributed by atoms with Gasteiger partial charge in [0, 0.05) is 17.2 Å². The number of oxazole rings is 1. The quantitative estimate of drug-likeness (QED) is 0.429. The average Bonchev–Trinajstić information content (AvgIpc) is 3.57. The highest BCUT2D eigenvalue weighted by Crippen LogP contribution is 2.40. The number of hydrogen-bond donors (Lipinski definition) is 1. The van der Waals surface area contributed by atoms with E-state index in [1.54, 1.807) is 25.3 Å². The Kier molecular flexibility index (Phi) is 5.04. The zero-order valence-corrected chi connectivity index (χ0v) is 17.1. The lowest BCUT2D eigenvalue weighted by molar-refractivity contribution is 0.102. The summed E-state index contributed by atoms with van der Waals surface area (Å²) < 4.78 is 17.1. The molecule has 0 radical (unpaired) electrons. The summed E-state index contributed by atoms with van der Waals surface area (Å²) in [4.78, 5) is 17.3. The Labute approximate surface area is 179 Å². The van der Waals surface area contributed by atoms with E-state index in [1.165, 1.54) is 0 Å². The minimum Gasteiger partial charge on any atom is -0.493 e. The third kappa shape index (κ3) is 4.23. The molecule has 4 aromatic rings. The normalized spacial score (nSPS) is 13.2. The van der Waals surface area contributed by atoms with E-state index in [2.05, 4.69) is 10.3 Å². The number of fused-ring (bicyclic) bond motifs is 1. The fourth-order valence-corrected chi connectivity index (χ4v) is 3.39. The number of anilines is 1. The average molecular weight is 414 g/mol. The Balaban J connectivity index is 1.30. The highest BCUT2D eigenvalue weighted by molar-refractivity contribution is 6.05. The molecule has 0 saturated heterocycles. The van der Waals surface area contributed by atoms with E-state index in [1.807, 2.05) is 48.5 Å². The maximum atomic E-state index is 12.8. The van der Waals surface area contributed by atoms with Crippen molar-refractivity contribution in [1.29, 1.82) is 0 Å². The first kappa shape index (κ1) is 19.2. The number of amides is 1. The molecule has 1 amide bonds. The standard InChI is InChI=1S/C25H22N2O4/c1-29-23-13-18(9-11-22(23)30-15-16-5-3-2-4-6-16)24(28)26-19-10-12-21-20(14-19)27-25(31-21)17-7-8-17/h2-6,9-14,17H,7-8,15H2,1H3,(H,26,28). The highest BCUT2D eigenvalue weighted by Gasteiger charge is 2.28. The van der Waals surface area contributed by atoms with Gasteiger partial charge in [-0.25, -0.2) is 4.98 Å².